The molecule has 0 unspecified atom stereocenters. The molecule has 6 heteroatoms. The second kappa shape index (κ2) is 7.83. The largest absolute Gasteiger partial charge is 0.497 e. The Balaban J connectivity index is 1.94. The minimum atomic E-state index is -0.441. The number of carbonyl (C=O) groups is 1. The molecule has 0 fully saturated rings. The van der Waals surface area contributed by atoms with Crippen LogP contribution in [0.2, 0.25) is 5.02 Å². The Bertz CT molecular complexity index is 706. The molecule has 23 heavy (non-hydrogen) atoms. The first kappa shape index (κ1) is 17.1. The summed E-state index contributed by atoms with van der Waals surface area (Å²) >= 11 is 6.07. The zero-order chi connectivity index (χ0) is 16.8. The van der Waals surface area contributed by atoms with Crippen LogP contribution in [0.1, 0.15) is 12.0 Å². The van der Waals surface area contributed by atoms with Crippen LogP contribution < -0.4 is 14.8 Å². The molecule has 2 rings (SSSR count). The van der Waals surface area contributed by atoms with Gasteiger partial charge in [0, 0.05) is 12.5 Å². The number of methoxy groups -OCH3 is 2. The number of rotatable bonds is 6. The molecule has 0 aliphatic carbocycles. The summed E-state index contributed by atoms with van der Waals surface area (Å²) in [5.41, 5.74) is 1.23. The predicted molar refractivity (Wildman–Crippen MR) is 87.9 cm³/mol. The summed E-state index contributed by atoms with van der Waals surface area (Å²) in [4.78, 5) is 12.0. The molecule has 0 aliphatic rings. The summed E-state index contributed by atoms with van der Waals surface area (Å²) in [5.74, 6) is 0.154. The molecule has 4 nitrogen and oxygen atoms in total. The second-order valence-electron chi connectivity index (χ2n) is 4.86. The van der Waals surface area contributed by atoms with E-state index >= 15 is 0 Å². The number of anilines is 1. The molecule has 0 bridgehead atoms. The summed E-state index contributed by atoms with van der Waals surface area (Å²) < 4.78 is 23.5. The van der Waals surface area contributed by atoms with Gasteiger partial charge in [0.2, 0.25) is 5.91 Å². The Hall–Kier alpha value is -2.27. The quantitative estimate of drug-likeness (QED) is 0.864. The zero-order valence-corrected chi connectivity index (χ0v) is 13.6. The average Bonchev–Trinajstić information content (AvgIpc) is 2.55. The van der Waals surface area contributed by atoms with E-state index in [1.54, 1.807) is 30.3 Å². The minimum absolute atomic E-state index is 0.184. The van der Waals surface area contributed by atoms with Gasteiger partial charge in [-0.05, 0) is 36.2 Å². The van der Waals surface area contributed by atoms with Gasteiger partial charge in [0.15, 0.2) is 11.6 Å². The van der Waals surface area contributed by atoms with Crippen molar-refractivity contribution in [2.75, 3.05) is 19.5 Å². The molecule has 1 amide bonds. The molecular formula is C17H17ClFNO3. The van der Waals surface area contributed by atoms with Crippen molar-refractivity contribution in [3.8, 4) is 11.5 Å². The Kier molecular flexibility index (Phi) is 5.82. The maximum Gasteiger partial charge on any atom is 0.224 e. The van der Waals surface area contributed by atoms with E-state index in [9.17, 15) is 9.18 Å². The van der Waals surface area contributed by atoms with Crippen molar-refractivity contribution in [2.45, 2.75) is 12.8 Å². The first-order valence-electron chi connectivity index (χ1n) is 6.99. The van der Waals surface area contributed by atoms with Crippen molar-refractivity contribution in [1.82, 2.24) is 0 Å². The molecule has 0 saturated carbocycles. The van der Waals surface area contributed by atoms with Crippen LogP contribution >= 0.6 is 11.6 Å². The van der Waals surface area contributed by atoms with E-state index in [-0.39, 0.29) is 18.1 Å². The van der Waals surface area contributed by atoms with E-state index in [0.717, 1.165) is 5.56 Å². The molecule has 2 aromatic rings. The Labute approximate surface area is 139 Å². The van der Waals surface area contributed by atoms with Gasteiger partial charge in [-0.25, -0.2) is 4.39 Å². The number of halogens is 2. The molecule has 0 aromatic heterocycles. The van der Waals surface area contributed by atoms with Crippen molar-refractivity contribution >= 4 is 23.2 Å². The molecular weight excluding hydrogens is 321 g/mol. The van der Waals surface area contributed by atoms with Crippen LogP contribution in [0.3, 0.4) is 0 Å². The molecule has 0 heterocycles. The first-order valence-corrected chi connectivity index (χ1v) is 7.37. The van der Waals surface area contributed by atoms with Crippen molar-refractivity contribution in [1.29, 1.82) is 0 Å². The fourth-order valence-electron chi connectivity index (χ4n) is 2.06. The fourth-order valence-corrected chi connectivity index (χ4v) is 2.28. The van der Waals surface area contributed by atoms with Gasteiger partial charge in [-0.1, -0.05) is 17.7 Å². The van der Waals surface area contributed by atoms with Crippen LogP contribution in [0.4, 0.5) is 10.1 Å². The molecule has 0 saturated heterocycles. The highest BCUT2D eigenvalue weighted by atomic mass is 35.5. The Morgan fingerprint density at radius 1 is 1.17 bits per heavy atom. The van der Waals surface area contributed by atoms with E-state index in [1.807, 2.05) is 0 Å². The van der Waals surface area contributed by atoms with Crippen molar-refractivity contribution in [2.24, 2.45) is 0 Å². The van der Waals surface area contributed by atoms with Gasteiger partial charge in [0.1, 0.15) is 5.75 Å². The maximum atomic E-state index is 13.6. The van der Waals surface area contributed by atoms with Crippen molar-refractivity contribution in [3.05, 3.63) is 52.8 Å². The lowest BCUT2D eigenvalue weighted by Crippen LogP contribution is -2.12. The zero-order valence-electron chi connectivity index (χ0n) is 12.9. The Morgan fingerprint density at radius 3 is 2.57 bits per heavy atom. The monoisotopic (exact) mass is 337 g/mol. The highest BCUT2D eigenvalue weighted by Gasteiger charge is 2.09. The van der Waals surface area contributed by atoms with E-state index in [0.29, 0.717) is 22.9 Å². The van der Waals surface area contributed by atoms with Crippen LogP contribution in [0, 0.1) is 5.82 Å². The molecule has 0 radical (unpaired) electrons. The van der Waals surface area contributed by atoms with Crippen LogP contribution in [-0.4, -0.2) is 20.1 Å². The number of carbonyl (C=O) groups excluding carboxylic acids is 1. The summed E-state index contributed by atoms with van der Waals surface area (Å²) in [6, 6.07) is 9.65. The van der Waals surface area contributed by atoms with Gasteiger partial charge in [-0.15, -0.1) is 0 Å². The molecule has 2 aromatic carbocycles. The lowest BCUT2D eigenvalue weighted by atomic mass is 10.1. The third-order valence-electron chi connectivity index (χ3n) is 3.31. The van der Waals surface area contributed by atoms with Crippen LogP contribution in [0.25, 0.3) is 0 Å². The van der Waals surface area contributed by atoms with Gasteiger partial charge in [0.25, 0.3) is 0 Å². The number of ether oxygens (including phenoxy) is 2. The van der Waals surface area contributed by atoms with E-state index < -0.39 is 5.82 Å². The van der Waals surface area contributed by atoms with Crippen LogP contribution in [0.5, 0.6) is 11.5 Å². The predicted octanol–water partition coefficient (Wildman–Crippen LogP) is 4.07. The second-order valence-corrected chi connectivity index (χ2v) is 5.27. The first-order chi connectivity index (χ1) is 11.0. The lowest BCUT2D eigenvalue weighted by molar-refractivity contribution is -0.116. The Morgan fingerprint density at radius 2 is 1.96 bits per heavy atom. The highest BCUT2D eigenvalue weighted by molar-refractivity contribution is 6.33. The van der Waals surface area contributed by atoms with E-state index in [1.165, 1.54) is 20.3 Å². The molecule has 1 N–H and O–H groups in total. The number of amides is 1. The maximum absolute atomic E-state index is 13.6. The number of benzene rings is 2. The molecule has 122 valence electrons. The summed E-state index contributed by atoms with van der Waals surface area (Å²) in [6.45, 7) is 0. The van der Waals surface area contributed by atoms with Crippen molar-refractivity contribution < 1.29 is 18.7 Å². The number of nitrogens with one attached hydrogen (secondary N) is 1. The number of aryl methyl sites for hydroxylation is 1. The SMILES string of the molecule is COc1ccc(NC(=O)CCc2ccc(OC)c(F)c2)c(Cl)c1. The summed E-state index contributed by atoms with van der Waals surface area (Å²) in [5, 5.41) is 3.12. The summed E-state index contributed by atoms with van der Waals surface area (Å²) in [7, 11) is 2.95. The van der Waals surface area contributed by atoms with Gasteiger partial charge in [-0.2, -0.15) is 0 Å². The van der Waals surface area contributed by atoms with Crippen molar-refractivity contribution in [3.63, 3.8) is 0 Å². The average molecular weight is 338 g/mol. The van der Waals surface area contributed by atoms with Gasteiger partial charge < -0.3 is 14.8 Å². The number of hydrogen-bond acceptors (Lipinski definition) is 3. The van der Waals surface area contributed by atoms with Gasteiger partial charge in [-0.3, -0.25) is 4.79 Å². The standard InChI is InChI=1S/C17H17ClFNO3/c1-22-12-5-6-15(13(18)10-12)20-17(21)8-4-11-3-7-16(23-2)14(19)9-11/h3,5-7,9-10H,4,8H2,1-2H3,(H,20,21). The fraction of sp³-hybridized carbons (Fsp3) is 0.235. The van der Waals surface area contributed by atoms with Gasteiger partial charge in [0.05, 0.1) is 24.9 Å². The van der Waals surface area contributed by atoms with Gasteiger partial charge >= 0.3 is 0 Å². The minimum Gasteiger partial charge on any atom is -0.497 e. The molecule has 0 aliphatic heterocycles. The smallest absolute Gasteiger partial charge is 0.224 e. The molecule has 0 atom stereocenters. The highest BCUT2D eigenvalue weighted by Crippen LogP contribution is 2.26. The molecule has 0 spiro atoms. The normalized spacial score (nSPS) is 10.3. The lowest BCUT2D eigenvalue weighted by Gasteiger charge is -2.09. The van der Waals surface area contributed by atoms with Crippen LogP contribution in [0.15, 0.2) is 36.4 Å². The topological polar surface area (TPSA) is 47.6 Å². The number of hydrogen-bond donors (Lipinski definition) is 1. The van der Waals surface area contributed by atoms with Crippen LogP contribution in [-0.2, 0) is 11.2 Å². The third kappa shape index (κ3) is 4.60. The van der Waals surface area contributed by atoms with E-state index in [4.69, 9.17) is 21.1 Å². The summed E-state index contributed by atoms with van der Waals surface area (Å²) in [6.07, 6.45) is 0.634. The van der Waals surface area contributed by atoms with E-state index in [2.05, 4.69) is 5.32 Å². The third-order valence-corrected chi connectivity index (χ3v) is 3.62.